The van der Waals surface area contributed by atoms with Crippen molar-refractivity contribution in [3.8, 4) is 0 Å². The van der Waals surface area contributed by atoms with Crippen molar-refractivity contribution in [2.24, 2.45) is 40.4 Å². The summed E-state index contributed by atoms with van der Waals surface area (Å²) in [6, 6.07) is 0. The van der Waals surface area contributed by atoms with Gasteiger partial charge in [-0.1, -0.05) is 44.6 Å². The van der Waals surface area contributed by atoms with Crippen LogP contribution in [0.15, 0.2) is 23.8 Å². The fourth-order valence-corrected chi connectivity index (χ4v) is 7.65. The highest BCUT2D eigenvalue weighted by Gasteiger charge is 2.57. The Morgan fingerprint density at radius 2 is 2.00 bits per heavy atom. The molecule has 8 atom stereocenters. The first-order valence-electron chi connectivity index (χ1n) is 11.1. The topological polar surface area (TPSA) is 40.5 Å². The van der Waals surface area contributed by atoms with Crippen LogP contribution in [0, 0.1) is 40.4 Å². The molecule has 0 heterocycles. The Labute approximate surface area is 159 Å². The predicted octanol–water partition coefficient (Wildman–Crippen LogP) is 5.11. The average molecular weight is 359 g/mol. The van der Waals surface area contributed by atoms with Crippen molar-refractivity contribution in [3.05, 3.63) is 23.8 Å². The second-order valence-corrected chi connectivity index (χ2v) is 10.3. The number of aliphatic hydroxyl groups excluding tert-OH is 2. The Hall–Kier alpha value is -0.600. The van der Waals surface area contributed by atoms with E-state index in [0.29, 0.717) is 23.9 Å². The summed E-state index contributed by atoms with van der Waals surface area (Å²) in [4.78, 5) is 0. The van der Waals surface area contributed by atoms with E-state index >= 15 is 0 Å². The minimum atomic E-state index is -0.236. The van der Waals surface area contributed by atoms with Crippen molar-refractivity contribution < 1.29 is 10.2 Å². The van der Waals surface area contributed by atoms with Crippen molar-refractivity contribution in [1.82, 2.24) is 0 Å². The number of allylic oxidation sites excluding steroid dienone is 3. The van der Waals surface area contributed by atoms with Crippen LogP contribution in [0.3, 0.4) is 0 Å². The van der Waals surface area contributed by atoms with Crippen molar-refractivity contribution in [2.45, 2.75) is 78.2 Å². The molecule has 2 nitrogen and oxygen atoms in total. The molecule has 0 aliphatic heterocycles. The van der Waals surface area contributed by atoms with Gasteiger partial charge < -0.3 is 10.2 Å². The molecule has 0 saturated heterocycles. The van der Waals surface area contributed by atoms with E-state index in [0.717, 1.165) is 37.0 Å². The van der Waals surface area contributed by atoms with Crippen molar-refractivity contribution >= 4 is 0 Å². The summed E-state index contributed by atoms with van der Waals surface area (Å²) in [5.41, 5.74) is 2.49. The van der Waals surface area contributed by atoms with Crippen LogP contribution in [0.25, 0.3) is 0 Å². The number of aliphatic hydroxyl groups is 2. The number of hydrogen-bond acceptors (Lipinski definition) is 2. The Balaban J connectivity index is 1.59. The fraction of sp³-hybridized carbons (Fsp3) is 0.833. The maximum Gasteiger partial charge on any atom is 0.0724 e. The van der Waals surface area contributed by atoms with E-state index < -0.39 is 0 Å². The molecule has 0 aromatic carbocycles. The summed E-state index contributed by atoms with van der Waals surface area (Å²) in [5.74, 6) is 3.61. The van der Waals surface area contributed by atoms with E-state index in [1.807, 2.05) is 0 Å². The molecule has 0 aromatic rings. The lowest BCUT2D eigenvalue weighted by atomic mass is 9.49. The maximum absolute atomic E-state index is 10.1. The zero-order valence-corrected chi connectivity index (χ0v) is 17.0. The molecule has 0 radical (unpaired) electrons. The molecule has 26 heavy (non-hydrogen) atoms. The van der Waals surface area contributed by atoms with Gasteiger partial charge in [0, 0.05) is 6.61 Å². The van der Waals surface area contributed by atoms with Gasteiger partial charge in [-0.2, -0.15) is 0 Å². The molecule has 2 N–H and O–H groups in total. The first-order valence-corrected chi connectivity index (χ1v) is 11.1. The van der Waals surface area contributed by atoms with E-state index in [1.54, 1.807) is 5.57 Å². The van der Waals surface area contributed by atoms with E-state index in [-0.39, 0.29) is 11.5 Å². The average Bonchev–Trinajstić information content (AvgIpc) is 2.97. The molecule has 0 spiro atoms. The second-order valence-electron chi connectivity index (χ2n) is 10.3. The van der Waals surface area contributed by atoms with Gasteiger partial charge in [0.2, 0.25) is 0 Å². The van der Waals surface area contributed by atoms with Crippen molar-refractivity contribution in [3.63, 3.8) is 0 Å². The van der Waals surface area contributed by atoms with Gasteiger partial charge in [0.25, 0.3) is 0 Å². The number of rotatable bonds is 4. The molecule has 4 rings (SSSR count). The lowest BCUT2D eigenvalue weighted by Gasteiger charge is -2.56. The van der Waals surface area contributed by atoms with Crippen LogP contribution in [0.1, 0.15) is 72.1 Å². The van der Waals surface area contributed by atoms with Gasteiger partial charge in [-0.3, -0.25) is 0 Å². The quantitative estimate of drug-likeness (QED) is 0.686. The summed E-state index contributed by atoms with van der Waals surface area (Å²) in [5, 5.41) is 19.3. The van der Waals surface area contributed by atoms with Crippen LogP contribution < -0.4 is 0 Å². The van der Waals surface area contributed by atoms with Crippen LogP contribution in [-0.4, -0.2) is 22.9 Å². The summed E-state index contributed by atoms with van der Waals surface area (Å²) in [7, 11) is 0. The third-order valence-electron chi connectivity index (χ3n) is 9.16. The molecule has 2 fully saturated rings. The standard InChI is InChI=1S/C24H38O2/c1-16(5-4-14-25)20-8-9-21-19-7-6-17-15-18(26)10-12-23(17,2)22(19)11-13-24(20,21)3/h7,10,12,16-18,20-22,25-26H,4-6,8-9,11,13-15H2,1-3H3/t16-,17-,18+,20-,21+,22+,23+,24-/m1/s1. The predicted molar refractivity (Wildman–Crippen MR) is 107 cm³/mol. The zero-order valence-electron chi connectivity index (χ0n) is 17.0. The summed E-state index contributed by atoms with van der Waals surface area (Å²) >= 11 is 0. The lowest BCUT2D eigenvalue weighted by molar-refractivity contribution is 0.0178. The molecule has 2 heteroatoms. The summed E-state index contributed by atoms with van der Waals surface area (Å²) < 4.78 is 0. The minimum absolute atomic E-state index is 0.236. The van der Waals surface area contributed by atoms with Crippen LogP contribution in [0.4, 0.5) is 0 Å². The number of fused-ring (bicyclic) bond motifs is 5. The molecule has 4 aliphatic rings. The van der Waals surface area contributed by atoms with Crippen LogP contribution in [-0.2, 0) is 0 Å². The monoisotopic (exact) mass is 358 g/mol. The van der Waals surface area contributed by atoms with Gasteiger partial charge in [-0.15, -0.1) is 0 Å². The van der Waals surface area contributed by atoms with Gasteiger partial charge in [0.15, 0.2) is 0 Å². The summed E-state index contributed by atoms with van der Waals surface area (Å²) in [6.07, 6.45) is 16.4. The Morgan fingerprint density at radius 1 is 1.19 bits per heavy atom. The zero-order chi connectivity index (χ0) is 18.5. The lowest BCUT2D eigenvalue weighted by Crippen LogP contribution is -2.48. The van der Waals surface area contributed by atoms with Gasteiger partial charge in [0.05, 0.1) is 6.10 Å². The van der Waals surface area contributed by atoms with Crippen LogP contribution >= 0.6 is 0 Å². The van der Waals surface area contributed by atoms with Crippen LogP contribution in [0.2, 0.25) is 0 Å². The van der Waals surface area contributed by atoms with Gasteiger partial charge in [0.1, 0.15) is 0 Å². The van der Waals surface area contributed by atoms with Gasteiger partial charge in [-0.25, -0.2) is 0 Å². The molecular weight excluding hydrogens is 320 g/mol. The molecular formula is C24H38O2. The Kier molecular flexibility index (Phi) is 4.89. The summed E-state index contributed by atoms with van der Waals surface area (Å²) in [6.45, 7) is 7.81. The van der Waals surface area contributed by atoms with Crippen LogP contribution in [0.5, 0.6) is 0 Å². The third kappa shape index (κ3) is 2.75. The van der Waals surface area contributed by atoms with E-state index in [2.05, 4.69) is 39.0 Å². The highest BCUT2D eigenvalue weighted by atomic mass is 16.3. The first kappa shape index (κ1) is 18.7. The smallest absolute Gasteiger partial charge is 0.0724 e. The minimum Gasteiger partial charge on any atom is -0.396 e. The largest absolute Gasteiger partial charge is 0.396 e. The molecule has 146 valence electrons. The Morgan fingerprint density at radius 3 is 2.77 bits per heavy atom. The number of hydrogen-bond donors (Lipinski definition) is 2. The molecule has 4 aliphatic carbocycles. The second kappa shape index (κ2) is 6.78. The highest BCUT2D eigenvalue weighted by molar-refractivity contribution is 5.31. The molecule has 0 amide bonds. The van der Waals surface area contributed by atoms with Crippen molar-refractivity contribution in [1.29, 1.82) is 0 Å². The fourth-order valence-electron chi connectivity index (χ4n) is 7.65. The molecule has 0 aromatic heterocycles. The van der Waals surface area contributed by atoms with E-state index in [9.17, 15) is 10.2 Å². The Bertz CT molecular complexity index is 593. The SMILES string of the molecule is C[C@H](CCCO)[C@H]1CC[C@H]2C3=CC[C@@H]4C[C@@H](O)C=C[C@]4(C)[C@H]3CC[C@]12C. The molecule has 2 saturated carbocycles. The first-order chi connectivity index (χ1) is 12.4. The normalized spacial score (nSPS) is 48.3. The highest BCUT2D eigenvalue weighted by Crippen LogP contribution is 2.66. The molecule has 0 unspecified atom stereocenters. The maximum atomic E-state index is 10.1. The third-order valence-corrected chi connectivity index (χ3v) is 9.16. The van der Waals surface area contributed by atoms with Crippen molar-refractivity contribution in [2.75, 3.05) is 6.61 Å². The molecule has 0 bridgehead atoms. The van der Waals surface area contributed by atoms with Gasteiger partial charge in [-0.05, 0) is 91.8 Å². The van der Waals surface area contributed by atoms with E-state index in [4.69, 9.17) is 0 Å². The van der Waals surface area contributed by atoms with E-state index in [1.165, 1.54) is 32.1 Å². The van der Waals surface area contributed by atoms with Gasteiger partial charge >= 0.3 is 0 Å².